The van der Waals surface area contributed by atoms with Crippen molar-refractivity contribution in [2.24, 2.45) is 0 Å². The van der Waals surface area contributed by atoms with Crippen molar-refractivity contribution in [3.8, 4) is 0 Å². The Bertz CT molecular complexity index is 840. The highest BCUT2D eigenvalue weighted by Gasteiger charge is 2.21. The second-order valence-electron chi connectivity index (χ2n) is 5.26. The minimum absolute atomic E-state index is 0.0407. The highest BCUT2D eigenvalue weighted by Crippen LogP contribution is 2.18. The number of carboxylic acids is 1. The van der Waals surface area contributed by atoms with Crippen molar-refractivity contribution >= 4 is 22.8 Å². The molecular formula is C18H16N2O3. The van der Waals surface area contributed by atoms with E-state index in [2.05, 4.69) is 10.3 Å². The molecule has 0 aliphatic heterocycles. The van der Waals surface area contributed by atoms with E-state index in [0.29, 0.717) is 11.1 Å². The molecule has 1 aromatic heterocycles. The van der Waals surface area contributed by atoms with Gasteiger partial charge in [-0.1, -0.05) is 36.4 Å². The van der Waals surface area contributed by atoms with Crippen LogP contribution in [0.25, 0.3) is 10.9 Å². The maximum Gasteiger partial charge on any atom is 0.312 e. The summed E-state index contributed by atoms with van der Waals surface area (Å²) in [7, 11) is 0. The van der Waals surface area contributed by atoms with Crippen molar-refractivity contribution in [2.45, 2.75) is 5.92 Å². The zero-order valence-corrected chi connectivity index (χ0v) is 12.3. The number of aliphatic carboxylic acids is 1. The highest BCUT2D eigenvalue weighted by atomic mass is 16.4. The van der Waals surface area contributed by atoms with E-state index in [1.807, 2.05) is 18.2 Å². The Morgan fingerprint density at radius 1 is 1.04 bits per heavy atom. The molecule has 3 N–H and O–H groups in total. The standard InChI is InChI=1S/C18H16N2O3/c21-17(14-7-4-8-16-13(14)9-10-19-16)20-11-15(18(22)23)12-5-2-1-3-6-12/h1-10,15,19H,11H2,(H,20,21)(H,22,23). The Morgan fingerprint density at radius 2 is 1.83 bits per heavy atom. The molecule has 116 valence electrons. The molecule has 0 saturated carbocycles. The van der Waals surface area contributed by atoms with E-state index in [9.17, 15) is 14.7 Å². The Kier molecular flexibility index (Phi) is 4.10. The van der Waals surface area contributed by atoms with Gasteiger partial charge in [-0.15, -0.1) is 0 Å². The molecule has 0 spiro atoms. The van der Waals surface area contributed by atoms with E-state index in [1.165, 1.54) is 0 Å². The van der Waals surface area contributed by atoms with Gasteiger partial charge < -0.3 is 15.4 Å². The number of carbonyl (C=O) groups excluding carboxylic acids is 1. The number of hydrogen-bond donors (Lipinski definition) is 3. The SMILES string of the molecule is O=C(NCC(C(=O)O)c1ccccc1)c1cccc2[nH]ccc12. The van der Waals surface area contributed by atoms with Crippen molar-refractivity contribution in [3.05, 3.63) is 71.9 Å². The summed E-state index contributed by atoms with van der Waals surface area (Å²) < 4.78 is 0. The quantitative estimate of drug-likeness (QED) is 0.678. The smallest absolute Gasteiger partial charge is 0.312 e. The third kappa shape index (κ3) is 3.08. The van der Waals surface area contributed by atoms with Gasteiger partial charge in [-0.2, -0.15) is 0 Å². The molecule has 0 aliphatic carbocycles. The Morgan fingerprint density at radius 3 is 2.57 bits per heavy atom. The molecule has 0 radical (unpaired) electrons. The molecule has 1 heterocycles. The zero-order chi connectivity index (χ0) is 16.2. The van der Waals surface area contributed by atoms with Crippen LogP contribution in [0.1, 0.15) is 21.8 Å². The number of H-pyrrole nitrogens is 1. The lowest BCUT2D eigenvalue weighted by Gasteiger charge is -2.14. The second-order valence-corrected chi connectivity index (χ2v) is 5.26. The van der Waals surface area contributed by atoms with Gasteiger partial charge in [-0.25, -0.2) is 0 Å². The van der Waals surface area contributed by atoms with Gasteiger partial charge in [0.2, 0.25) is 0 Å². The third-order valence-electron chi connectivity index (χ3n) is 3.81. The Labute approximate surface area is 133 Å². The number of aromatic amines is 1. The molecule has 0 saturated heterocycles. The summed E-state index contributed by atoms with van der Waals surface area (Å²) in [5.41, 5.74) is 2.07. The predicted molar refractivity (Wildman–Crippen MR) is 87.5 cm³/mol. The molecule has 3 rings (SSSR count). The number of carbonyl (C=O) groups is 2. The summed E-state index contributed by atoms with van der Waals surface area (Å²) in [5, 5.41) is 12.9. The molecule has 23 heavy (non-hydrogen) atoms. The van der Waals surface area contributed by atoms with E-state index >= 15 is 0 Å². The molecule has 0 bridgehead atoms. The molecule has 1 atom stereocenters. The Balaban J connectivity index is 1.77. The number of fused-ring (bicyclic) bond motifs is 1. The first-order valence-corrected chi connectivity index (χ1v) is 7.29. The second kappa shape index (κ2) is 6.36. The number of hydrogen-bond acceptors (Lipinski definition) is 2. The van der Waals surface area contributed by atoms with E-state index in [4.69, 9.17) is 0 Å². The Hall–Kier alpha value is -3.08. The van der Waals surface area contributed by atoms with E-state index in [1.54, 1.807) is 42.6 Å². The molecule has 2 aromatic carbocycles. The number of carboxylic acid groups (broad SMARTS) is 1. The molecule has 3 aromatic rings. The van der Waals surface area contributed by atoms with Crippen molar-refractivity contribution in [3.63, 3.8) is 0 Å². The van der Waals surface area contributed by atoms with Crippen LogP contribution in [0, 0.1) is 0 Å². The number of rotatable bonds is 5. The largest absolute Gasteiger partial charge is 0.481 e. The van der Waals surface area contributed by atoms with Gasteiger partial charge in [-0.3, -0.25) is 9.59 Å². The van der Waals surface area contributed by atoms with Crippen molar-refractivity contribution in [1.82, 2.24) is 10.3 Å². The number of amides is 1. The van der Waals surface area contributed by atoms with Crippen LogP contribution in [0.3, 0.4) is 0 Å². The number of nitrogens with one attached hydrogen (secondary N) is 2. The van der Waals surface area contributed by atoms with Crippen LogP contribution in [-0.4, -0.2) is 28.5 Å². The average molecular weight is 308 g/mol. The molecule has 0 fully saturated rings. The van der Waals surface area contributed by atoms with Gasteiger partial charge in [0.05, 0.1) is 5.92 Å². The van der Waals surface area contributed by atoms with Gasteiger partial charge >= 0.3 is 5.97 Å². The van der Waals surface area contributed by atoms with Crippen LogP contribution >= 0.6 is 0 Å². The monoisotopic (exact) mass is 308 g/mol. The van der Waals surface area contributed by atoms with E-state index < -0.39 is 11.9 Å². The first-order valence-electron chi connectivity index (χ1n) is 7.29. The zero-order valence-electron chi connectivity index (χ0n) is 12.3. The van der Waals surface area contributed by atoms with Crippen LogP contribution in [0.4, 0.5) is 0 Å². The molecule has 5 heteroatoms. The lowest BCUT2D eigenvalue weighted by molar-refractivity contribution is -0.138. The molecule has 1 amide bonds. The van der Waals surface area contributed by atoms with Crippen LogP contribution in [0.2, 0.25) is 0 Å². The molecule has 1 unspecified atom stereocenters. The highest BCUT2D eigenvalue weighted by molar-refractivity contribution is 6.06. The summed E-state index contributed by atoms with van der Waals surface area (Å²) in [6, 6.07) is 16.1. The van der Waals surface area contributed by atoms with Gasteiger partial charge in [0.15, 0.2) is 0 Å². The minimum atomic E-state index is -0.962. The fraction of sp³-hybridized carbons (Fsp3) is 0.111. The first-order chi connectivity index (χ1) is 11.2. The fourth-order valence-corrected chi connectivity index (χ4v) is 2.61. The predicted octanol–water partition coefficient (Wildman–Crippen LogP) is 2.77. The van der Waals surface area contributed by atoms with Crippen molar-refractivity contribution < 1.29 is 14.7 Å². The topological polar surface area (TPSA) is 82.2 Å². The maximum absolute atomic E-state index is 12.4. The van der Waals surface area contributed by atoms with Gasteiger partial charge in [0.1, 0.15) is 0 Å². The molecule has 0 aliphatic rings. The maximum atomic E-state index is 12.4. The number of benzene rings is 2. The third-order valence-corrected chi connectivity index (χ3v) is 3.81. The lowest BCUT2D eigenvalue weighted by Crippen LogP contribution is -2.31. The van der Waals surface area contributed by atoms with Gasteiger partial charge in [-0.05, 0) is 23.8 Å². The fourth-order valence-electron chi connectivity index (χ4n) is 2.61. The molecule has 5 nitrogen and oxygen atoms in total. The van der Waals surface area contributed by atoms with Crippen molar-refractivity contribution in [2.75, 3.05) is 6.54 Å². The summed E-state index contributed by atoms with van der Waals surface area (Å²) in [6.07, 6.45) is 1.77. The van der Waals surface area contributed by atoms with Crippen LogP contribution in [0.5, 0.6) is 0 Å². The van der Waals surface area contributed by atoms with Gasteiger partial charge in [0, 0.05) is 29.2 Å². The van der Waals surface area contributed by atoms with Crippen LogP contribution < -0.4 is 5.32 Å². The summed E-state index contributed by atoms with van der Waals surface area (Å²) in [4.78, 5) is 26.9. The van der Waals surface area contributed by atoms with Crippen LogP contribution in [0.15, 0.2) is 60.8 Å². The number of aromatic nitrogens is 1. The summed E-state index contributed by atoms with van der Waals surface area (Å²) in [6.45, 7) is 0.0407. The lowest BCUT2D eigenvalue weighted by atomic mass is 9.99. The molecular weight excluding hydrogens is 292 g/mol. The van der Waals surface area contributed by atoms with Crippen molar-refractivity contribution in [1.29, 1.82) is 0 Å². The summed E-state index contributed by atoms with van der Waals surface area (Å²) in [5.74, 6) is -2.01. The normalized spacial score (nSPS) is 12.0. The average Bonchev–Trinajstić information content (AvgIpc) is 3.04. The first kappa shape index (κ1) is 14.8. The summed E-state index contributed by atoms with van der Waals surface area (Å²) >= 11 is 0. The van der Waals surface area contributed by atoms with E-state index in [0.717, 1.165) is 10.9 Å². The van der Waals surface area contributed by atoms with E-state index in [-0.39, 0.29) is 12.5 Å². The van der Waals surface area contributed by atoms with Crippen LogP contribution in [-0.2, 0) is 4.79 Å². The van der Waals surface area contributed by atoms with Gasteiger partial charge in [0.25, 0.3) is 5.91 Å². The minimum Gasteiger partial charge on any atom is -0.481 e.